The van der Waals surface area contributed by atoms with Crippen molar-refractivity contribution in [3.63, 3.8) is 0 Å². The van der Waals surface area contributed by atoms with E-state index in [1.807, 2.05) is 24.3 Å². The Hall–Kier alpha value is -2.25. The van der Waals surface area contributed by atoms with E-state index in [4.69, 9.17) is 0 Å². The van der Waals surface area contributed by atoms with Crippen molar-refractivity contribution in [1.29, 1.82) is 0 Å². The Morgan fingerprint density at radius 2 is 1.88 bits per heavy atom. The van der Waals surface area contributed by atoms with Gasteiger partial charge in [0.05, 0.1) is 18.5 Å². The number of nitrogens with one attached hydrogen (secondary N) is 1. The van der Waals surface area contributed by atoms with E-state index in [1.165, 1.54) is 9.87 Å². The smallest absolute Gasteiger partial charge is 0.225 e. The largest absolute Gasteiger partial charge is 0.326 e. The summed E-state index contributed by atoms with van der Waals surface area (Å²) < 4.78 is 25.1. The molecule has 0 radical (unpaired) electrons. The highest BCUT2D eigenvalue weighted by Gasteiger charge is 2.18. The van der Waals surface area contributed by atoms with Crippen LogP contribution in [0.3, 0.4) is 0 Å². The van der Waals surface area contributed by atoms with E-state index in [0.29, 0.717) is 11.4 Å². The summed E-state index contributed by atoms with van der Waals surface area (Å²) in [7, 11) is -3.43. The molecule has 0 saturated heterocycles. The summed E-state index contributed by atoms with van der Waals surface area (Å²) in [6.07, 6.45) is 3.76. The van der Waals surface area contributed by atoms with Crippen molar-refractivity contribution in [2.24, 2.45) is 0 Å². The average Bonchev–Trinajstić information content (AvgIpc) is 2.59. The maximum atomic E-state index is 12.1. The summed E-state index contributed by atoms with van der Waals surface area (Å²) >= 11 is 0. The van der Waals surface area contributed by atoms with Crippen molar-refractivity contribution in [3.8, 4) is 0 Å². The van der Waals surface area contributed by atoms with Gasteiger partial charge in [-0.3, -0.25) is 9.78 Å². The molecule has 0 fully saturated rings. The molecule has 1 aromatic heterocycles. The molecule has 7 heteroatoms. The minimum atomic E-state index is -3.43. The molecule has 6 nitrogen and oxygen atoms in total. The minimum Gasteiger partial charge on any atom is -0.326 e. The molecule has 0 aliphatic rings. The van der Waals surface area contributed by atoms with Crippen LogP contribution in [-0.4, -0.2) is 36.4 Å². The number of benzene rings is 1. The van der Waals surface area contributed by atoms with E-state index in [1.54, 1.807) is 24.4 Å². The Morgan fingerprint density at radius 3 is 2.44 bits per heavy atom. The molecule has 0 aliphatic heterocycles. The Labute approximate surface area is 148 Å². The van der Waals surface area contributed by atoms with Gasteiger partial charge in [-0.05, 0) is 36.2 Å². The highest BCUT2D eigenvalue weighted by molar-refractivity contribution is 7.88. The molecule has 0 aliphatic carbocycles. The first-order valence-corrected chi connectivity index (χ1v) is 9.97. The van der Waals surface area contributed by atoms with Crippen molar-refractivity contribution >= 4 is 21.6 Å². The number of pyridine rings is 1. The Balaban J connectivity index is 1.93. The summed E-state index contributed by atoms with van der Waals surface area (Å²) in [6, 6.07) is 12.9. The molecule has 1 amide bonds. The normalized spacial score (nSPS) is 11.5. The molecule has 1 aromatic carbocycles. The molecule has 25 heavy (non-hydrogen) atoms. The molecule has 134 valence electrons. The second-order valence-corrected chi connectivity index (χ2v) is 7.75. The summed E-state index contributed by atoms with van der Waals surface area (Å²) in [5.74, 6) is -0.223. The number of nitrogens with zero attached hydrogens (tertiary/aromatic N) is 2. The number of aryl methyl sites for hydroxylation is 1. The predicted molar refractivity (Wildman–Crippen MR) is 98.6 cm³/mol. The fourth-order valence-corrected chi connectivity index (χ4v) is 3.10. The van der Waals surface area contributed by atoms with Gasteiger partial charge in [-0.25, -0.2) is 8.42 Å². The van der Waals surface area contributed by atoms with E-state index >= 15 is 0 Å². The first-order valence-electron chi connectivity index (χ1n) is 8.12. The fourth-order valence-electron chi connectivity index (χ4n) is 2.31. The van der Waals surface area contributed by atoms with Gasteiger partial charge < -0.3 is 5.32 Å². The van der Waals surface area contributed by atoms with E-state index in [9.17, 15) is 13.2 Å². The molecular formula is C18H23N3O3S. The third kappa shape index (κ3) is 6.28. The maximum absolute atomic E-state index is 12.1. The molecule has 0 saturated carbocycles. The van der Waals surface area contributed by atoms with Crippen LogP contribution in [0.4, 0.5) is 5.69 Å². The molecule has 0 atom stereocenters. The van der Waals surface area contributed by atoms with Crippen LogP contribution in [0.2, 0.25) is 0 Å². The maximum Gasteiger partial charge on any atom is 0.225 e. The first-order chi connectivity index (χ1) is 11.9. The van der Waals surface area contributed by atoms with E-state index in [2.05, 4.69) is 17.2 Å². The van der Waals surface area contributed by atoms with E-state index in [0.717, 1.165) is 12.7 Å². The van der Waals surface area contributed by atoms with Gasteiger partial charge in [-0.1, -0.05) is 25.1 Å². The van der Waals surface area contributed by atoms with Gasteiger partial charge in [-0.15, -0.1) is 0 Å². The zero-order valence-electron chi connectivity index (χ0n) is 14.5. The number of carbonyl (C=O) groups is 1. The lowest BCUT2D eigenvalue weighted by Gasteiger charge is -2.19. The molecule has 1 heterocycles. The second-order valence-electron chi connectivity index (χ2n) is 5.77. The van der Waals surface area contributed by atoms with Crippen LogP contribution < -0.4 is 5.32 Å². The van der Waals surface area contributed by atoms with Crippen LogP contribution in [0, 0.1) is 0 Å². The number of amides is 1. The van der Waals surface area contributed by atoms with Gasteiger partial charge >= 0.3 is 0 Å². The Kier molecular flexibility index (Phi) is 6.66. The van der Waals surface area contributed by atoms with Crippen molar-refractivity contribution < 1.29 is 13.2 Å². The third-order valence-corrected chi connectivity index (χ3v) is 5.02. The van der Waals surface area contributed by atoms with Crippen LogP contribution >= 0.6 is 0 Å². The molecule has 1 N–H and O–H groups in total. The predicted octanol–water partition coefficient (Wildman–Crippen LogP) is 2.43. The number of aromatic nitrogens is 1. The summed E-state index contributed by atoms with van der Waals surface area (Å²) in [5, 5.41) is 2.79. The number of hydrogen-bond donors (Lipinski definition) is 1. The van der Waals surface area contributed by atoms with Gasteiger partial charge in [0.15, 0.2) is 0 Å². The molecule has 0 bridgehead atoms. The van der Waals surface area contributed by atoms with Crippen LogP contribution in [0.15, 0.2) is 48.7 Å². The van der Waals surface area contributed by atoms with Crippen molar-refractivity contribution in [2.45, 2.75) is 26.3 Å². The monoisotopic (exact) mass is 361 g/mol. The average molecular weight is 361 g/mol. The lowest BCUT2D eigenvalue weighted by Crippen LogP contribution is -2.32. The highest BCUT2D eigenvalue weighted by atomic mass is 32.2. The van der Waals surface area contributed by atoms with Gasteiger partial charge in [-0.2, -0.15) is 4.31 Å². The van der Waals surface area contributed by atoms with Gasteiger partial charge in [0.25, 0.3) is 0 Å². The van der Waals surface area contributed by atoms with Crippen molar-refractivity contribution in [3.05, 3.63) is 59.9 Å². The first kappa shape index (κ1) is 19.1. The number of anilines is 1. The standard InChI is InChI=1S/C18H23N3O3S/c1-3-15-7-9-16(10-8-15)20-18(22)11-13-21(25(2,23)24)14-17-6-4-5-12-19-17/h4-10,12H,3,11,13-14H2,1-2H3,(H,20,22). The van der Waals surface area contributed by atoms with Crippen molar-refractivity contribution in [1.82, 2.24) is 9.29 Å². The fraction of sp³-hybridized carbons (Fsp3) is 0.333. The lowest BCUT2D eigenvalue weighted by molar-refractivity contribution is -0.116. The Morgan fingerprint density at radius 1 is 1.16 bits per heavy atom. The van der Waals surface area contributed by atoms with Gasteiger partial charge in [0.2, 0.25) is 15.9 Å². The summed E-state index contributed by atoms with van der Waals surface area (Å²) in [6.45, 7) is 2.32. The van der Waals surface area contributed by atoms with Crippen molar-refractivity contribution in [2.75, 3.05) is 18.1 Å². The SMILES string of the molecule is CCc1ccc(NC(=O)CCN(Cc2ccccn2)S(C)(=O)=O)cc1. The zero-order valence-corrected chi connectivity index (χ0v) is 15.3. The van der Waals surface area contributed by atoms with Crippen LogP contribution in [-0.2, 0) is 27.8 Å². The molecule has 0 spiro atoms. The molecule has 2 aromatic rings. The number of sulfonamides is 1. The van der Waals surface area contributed by atoms with Crippen LogP contribution in [0.25, 0.3) is 0 Å². The number of hydrogen-bond acceptors (Lipinski definition) is 4. The second kappa shape index (κ2) is 8.73. The van der Waals surface area contributed by atoms with Gasteiger partial charge in [0.1, 0.15) is 0 Å². The quantitative estimate of drug-likeness (QED) is 0.783. The Bertz CT molecular complexity index is 790. The highest BCUT2D eigenvalue weighted by Crippen LogP contribution is 2.11. The third-order valence-electron chi connectivity index (χ3n) is 3.77. The van der Waals surface area contributed by atoms with Crippen LogP contribution in [0.1, 0.15) is 24.6 Å². The van der Waals surface area contributed by atoms with Crippen LogP contribution in [0.5, 0.6) is 0 Å². The zero-order chi connectivity index (χ0) is 18.3. The topological polar surface area (TPSA) is 79.4 Å². The number of carbonyl (C=O) groups excluding carboxylic acids is 1. The number of rotatable bonds is 8. The van der Waals surface area contributed by atoms with E-state index in [-0.39, 0.29) is 25.4 Å². The molecular weight excluding hydrogens is 338 g/mol. The molecule has 0 unspecified atom stereocenters. The minimum absolute atomic E-state index is 0.0788. The summed E-state index contributed by atoms with van der Waals surface area (Å²) in [5.41, 5.74) is 2.54. The summed E-state index contributed by atoms with van der Waals surface area (Å²) in [4.78, 5) is 16.2. The van der Waals surface area contributed by atoms with E-state index < -0.39 is 10.0 Å². The molecule has 2 rings (SSSR count). The van der Waals surface area contributed by atoms with Gasteiger partial charge in [0, 0.05) is 24.8 Å². The lowest BCUT2D eigenvalue weighted by atomic mass is 10.1.